The van der Waals surface area contributed by atoms with Crippen molar-refractivity contribution in [3.63, 3.8) is 0 Å². The van der Waals surface area contributed by atoms with Gasteiger partial charge in [0.05, 0.1) is 13.0 Å². The molecule has 0 atom stereocenters. The molecule has 0 unspecified atom stereocenters. The van der Waals surface area contributed by atoms with Gasteiger partial charge < -0.3 is 15.0 Å². The molecular weight excluding hydrogens is 302 g/mol. The summed E-state index contributed by atoms with van der Waals surface area (Å²) < 4.78 is 28.6. The average molecular weight is 321 g/mol. The Balaban J connectivity index is 0.00000220. The van der Waals surface area contributed by atoms with Gasteiger partial charge in [-0.15, -0.1) is 12.4 Å². The quantitative estimate of drug-likeness (QED) is 0.846. The fourth-order valence-corrected chi connectivity index (χ4v) is 2.18. The molecule has 21 heavy (non-hydrogen) atoms. The van der Waals surface area contributed by atoms with Crippen LogP contribution in [0.5, 0.6) is 0 Å². The molecule has 0 bridgehead atoms. The Hall–Kier alpha value is -1.24. The molecule has 1 aromatic rings. The summed E-state index contributed by atoms with van der Waals surface area (Å²) in [7, 11) is 0. The van der Waals surface area contributed by atoms with E-state index in [9.17, 15) is 13.6 Å². The number of nitrogens with zero attached hydrogens (tertiary/aromatic N) is 1. The van der Waals surface area contributed by atoms with Gasteiger partial charge in [0, 0.05) is 25.3 Å². The van der Waals surface area contributed by atoms with Gasteiger partial charge in [-0.1, -0.05) is 18.2 Å². The van der Waals surface area contributed by atoms with Gasteiger partial charge in [0.15, 0.2) is 0 Å². The smallest absolute Gasteiger partial charge is 0.261 e. The van der Waals surface area contributed by atoms with Crippen molar-refractivity contribution >= 4 is 24.0 Å². The second-order valence-electron chi connectivity index (χ2n) is 4.57. The molecule has 0 fully saturated rings. The lowest BCUT2D eigenvalue weighted by Gasteiger charge is -2.22. The number of fused-ring (bicyclic) bond motifs is 1. The maximum atomic E-state index is 12.2. The standard InChI is InChI=1S/C14H18F2N2O2.ClH/c15-13(16)10-20-8-5-14(19)18-7-6-17-9-11-3-1-2-4-12(11)18;/h1-4,13,17H,5-10H2;1H. The van der Waals surface area contributed by atoms with E-state index < -0.39 is 13.0 Å². The lowest BCUT2D eigenvalue weighted by molar-refractivity contribution is -0.120. The fraction of sp³-hybridized carbons (Fsp3) is 0.500. The first kappa shape index (κ1) is 17.8. The molecule has 0 saturated carbocycles. The van der Waals surface area contributed by atoms with Crippen LogP contribution in [0.2, 0.25) is 0 Å². The molecule has 118 valence electrons. The fourth-order valence-electron chi connectivity index (χ4n) is 2.18. The lowest BCUT2D eigenvalue weighted by atomic mass is 10.1. The van der Waals surface area contributed by atoms with Crippen LogP contribution >= 0.6 is 12.4 Å². The predicted octanol–water partition coefficient (Wildman–Crippen LogP) is 2.22. The van der Waals surface area contributed by atoms with Crippen LogP contribution in [0, 0.1) is 0 Å². The van der Waals surface area contributed by atoms with Crippen molar-refractivity contribution < 1.29 is 18.3 Å². The Morgan fingerprint density at radius 2 is 2.14 bits per heavy atom. The number of hydrogen-bond acceptors (Lipinski definition) is 3. The molecule has 1 aromatic carbocycles. The molecule has 0 radical (unpaired) electrons. The topological polar surface area (TPSA) is 41.6 Å². The Morgan fingerprint density at radius 3 is 2.90 bits per heavy atom. The summed E-state index contributed by atoms with van der Waals surface area (Å²) in [5.74, 6) is -0.101. The van der Waals surface area contributed by atoms with Crippen molar-refractivity contribution in [2.45, 2.75) is 19.4 Å². The highest BCUT2D eigenvalue weighted by atomic mass is 35.5. The highest BCUT2D eigenvalue weighted by Gasteiger charge is 2.20. The van der Waals surface area contributed by atoms with Crippen LogP contribution in [0.3, 0.4) is 0 Å². The molecule has 0 spiro atoms. The third-order valence-corrected chi connectivity index (χ3v) is 3.12. The maximum absolute atomic E-state index is 12.2. The van der Waals surface area contributed by atoms with Crippen molar-refractivity contribution in [1.29, 1.82) is 0 Å². The molecule has 1 N–H and O–H groups in total. The van der Waals surface area contributed by atoms with Crippen LogP contribution in [0.1, 0.15) is 12.0 Å². The summed E-state index contributed by atoms with van der Waals surface area (Å²) in [6, 6.07) is 7.69. The lowest BCUT2D eigenvalue weighted by Crippen LogP contribution is -2.35. The van der Waals surface area contributed by atoms with Crippen molar-refractivity contribution in [1.82, 2.24) is 5.32 Å². The normalized spacial score (nSPS) is 14.3. The maximum Gasteiger partial charge on any atom is 0.261 e. The van der Waals surface area contributed by atoms with Crippen LogP contribution in [0.4, 0.5) is 14.5 Å². The van der Waals surface area contributed by atoms with Gasteiger partial charge in [-0.2, -0.15) is 0 Å². The van der Waals surface area contributed by atoms with E-state index in [2.05, 4.69) is 5.32 Å². The largest absolute Gasteiger partial charge is 0.375 e. The Labute approximate surface area is 128 Å². The first-order valence-electron chi connectivity index (χ1n) is 6.63. The number of carbonyl (C=O) groups is 1. The monoisotopic (exact) mass is 320 g/mol. The summed E-state index contributed by atoms with van der Waals surface area (Å²) >= 11 is 0. The van der Waals surface area contributed by atoms with E-state index in [1.54, 1.807) is 4.90 Å². The summed E-state index contributed by atoms with van der Waals surface area (Å²) in [6.07, 6.45) is -2.38. The number of amides is 1. The zero-order chi connectivity index (χ0) is 14.4. The van der Waals surface area contributed by atoms with Crippen LogP contribution in [-0.2, 0) is 16.1 Å². The number of anilines is 1. The minimum absolute atomic E-state index is 0. The molecule has 0 aliphatic carbocycles. The summed E-state index contributed by atoms with van der Waals surface area (Å²) in [5.41, 5.74) is 1.95. The van der Waals surface area contributed by atoms with E-state index in [1.807, 2.05) is 24.3 Å². The molecule has 4 nitrogen and oxygen atoms in total. The zero-order valence-corrected chi connectivity index (χ0v) is 12.4. The first-order chi connectivity index (χ1) is 9.68. The van der Waals surface area contributed by atoms with Gasteiger partial charge in [-0.05, 0) is 11.6 Å². The highest BCUT2D eigenvalue weighted by Crippen LogP contribution is 2.22. The molecule has 1 amide bonds. The van der Waals surface area contributed by atoms with E-state index in [0.29, 0.717) is 13.1 Å². The molecule has 1 heterocycles. The molecule has 0 saturated heterocycles. The third kappa shape index (κ3) is 5.22. The van der Waals surface area contributed by atoms with Gasteiger partial charge in [-0.3, -0.25) is 4.79 Å². The zero-order valence-electron chi connectivity index (χ0n) is 11.6. The molecular formula is C14H19ClF2N2O2. The van der Waals surface area contributed by atoms with Crippen LogP contribution in [0.25, 0.3) is 0 Å². The van der Waals surface area contributed by atoms with Gasteiger partial charge >= 0.3 is 0 Å². The number of carbonyl (C=O) groups excluding carboxylic acids is 1. The molecule has 2 rings (SSSR count). The summed E-state index contributed by atoms with van der Waals surface area (Å²) in [5, 5.41) is 3.25. The number of benzene rings is 1. The van der Waals surface area contributed by atoms with Gasteiger partial charge in [0.25, 0.3) is 6.43 Å². The van der Waals surface area contributed by atoms with Crippen molar-refractivity contribution in [3.8, 4) is 0 Å². The van der Waals surface area contributed by atoms with Crippen molar-refractivity contribution in [2.75, 3.05) is 31.2 Å². The summed E-state index contributed by atoms with van der Waals surface area (Å²) in [4.78, 5) is 13.9. The van der Waals surface area contributed by atoms with Crippen LogP contribution in [0.15, 0.2) is 24.3 Å². The minimum atomic E-state index is -2.49. The Kier molecular flexibility index (Phi) is 7.56. The second kappa shape index (κ2) is 8.92. The van der Waals surface area contributed by atoms with Crippen LogP contribution < -0.4 is 10.2 Å². The number of halogens is 3. The number of para-hydroxylation sites is 1. The van der Waals surface area contributed by atoms with E-state index in [0.717, 1.165) is 17.8 Å². The second-order valence-corrected chi connectivity index (χ2v) is 4.57. The van der Waals surface area contributed by atoms with Gasteiger partial charge in [0.2, 0.25) is 5.91 Å². The Bertz CT molecular complexity index is 460. The first-order valence-corrected chi connectivity index (χ1v) is 6.63. The molecule has 1 aliphatic rings. The Morgan fingerprint density at radius 1 is 1.38 bits per heavy atom. The summed E-state index contributed by atoms with van der Waals surface area (Å²) in [6.45, 7) is 1.41. The third-order valence-electron chi connectivity index (χ3n) is 3.12. The minimum Gasteiger partial charge on any atom is -0.375 e. The number of alkyl halides is 2. The van der Waals surface area contributed by atoms with Gasteiger partial charge in [0.1, 0.15) is 6.61 Å². The van der Waals surface area contributed by atoms with E-state index in [4.69, 9.17) is 4.74 Å². The molecule has 7 heteroatoms. The molecule has 1 aliphatic heterocycles. The van der Waals surface area contributed by atoms with Crippen molar-refractivity contribution in [3.05, 3.63) is 29.8 Å². The number of rotatable bonds is 5. The number of nitrogens with one attached hydrogen (secondary N) is 1. The van der Waals surface area contributed by atoms with Crippen LogP contribution in [-0.4, -0.2) is 38.6 Å². The van der Waals surface area contributed by atoms with Crippen molar-refractivity contribution in [2.24, 2.45) is 0 Å². The van der Waals surface area contributed by atoms with Gasteiger partial charge in [-0.25, -0.2) is 8.78 Å². The SMILES string of the molecule is Cl.O=C(CCOCC(F)F)N1CCNCc2ccccc21. The average Bonchev–Trinajstić information content (AvgIpc) is 2.65. The predicted molar refractivity (Wildman–Crippen MR) is 79.2 cm³/mol. The molecule has 0 aromatic heterocycles. The number of ether oxygens (including phenoxy) is 1. The van der Waals surface area contributed by atoms with E-state index >= 15 is 0 Å². The number of hydrogen-bond donors (Lipinski definition) is 1. The van der Waals surface area contributed by atoms with E-state index in [-0.39, 0.29) is 31.3 Å². The highest BCUT2D eigenvalue weighted by molar-refractivity contribution is 5.94. The van der Waals surface area contributed by atoms with E-state index in [1.165, 1.54) is 0 Å².